The van der Waals surface area contributed by atoms with E-state index >= 15 is 0 Å². The van der Waals surface area contributed by atoms with Gasteiger partial charge in [0.15, 0.2) is 0 Å². The van der Waals surface area contributed by atoms with E-state index in [9.17, 15) is 9.59 Å². The molecule has 6 nitrogen and oxygen atoms in total. The third-order valence-corrected chi connectivity index (χ3v) is 15.0. The van der Waals surface area contributed by atoms with Crippen LogP contribution in [0.3, 0.4) is 0 Å². The molecule has 1 aliphatic heterocycles. The van der Waals surface area contributed by atoms with Crippen LogP contribution < -0.4 is 9.47 Å². The molecule has 8 unspecified atom stereocenters. The van der Waals surface area contributed by atoms with Crippen LogP contribution in [0.1, 0.15) is 139 Å². The van der Waals surface area contributed by atoms with Crippen LogP contribution in [0.4, 0.5) is 0 Å². The summed E-state index contributed by atoms with van der Waals surface area (Å²) in [4.78, 5) is 26.2. The number of fused-ring (bicyclic) bond motifs is 5. The van der Waals surface area contributed by atoms with Crippen molar-refractivity contribution in [2.75, 3.05) is 19.8 Å². The van der Waals surface area contributed by atoms with E-state index in [4.69, 9.17) is 18.9 Å². The van der Waals surface area contributed by atoms with Crippen LogP contribution >= 0.6 is 0 Å². The highest BCUT2D eigenvalue weighted by molar-refractivity contribution is 5.94. The van der Waals surface area contributed by atoms with Gasteiger partial charge in [-0.3, -0.25) is 0 Å². The molecule has 4 fully saturated rings. The molecule has 0 amide bonds. The van der Waals surface area contributed by atoms with Gasteiger partial charge < -0.3 is 18.9 Å². The van der Waals surface area contributed by atoms with Crippen LogP contribution in [0.15, 0.2) is 60.2 Å². The first kappa shape index (κ1) is 38.2. The molecule has 8 atom stereocenters. The summed E-state index contributed by atoms with van der Waals surface area (Å²) in [6.07, 6.45) is 17.2. The van der Waals surface area contributed by atoms with Gasteiger partial charge in [0.05, 0.1) is 36.4 Å². The second-order valence-corrected chi connectivity index (χ2v) is 18.6. The zero-order valence-electron chi connectivity index (χ0n) is 33.3. The Kier molecular flexibility index (Phi) is 11.2. The van der Waals surface area contributed by atoms with E-state index in [2.05, 4.69) is 47.6 Å². The second-order valence-electron chi connectivity index (χ2n) is 18.6. The standard InChI is InChI=1S/C47H64O6/c1-7-47(28-50-29-47)30-51-36-16-18-37(19-17-36)52-43(48)33-11-13-34(14-12-33)44(49)53-38-23-25-45(5)35(27-38)15-20-39-41-22-21-40(32(4)10-8-9-31(2)3)46(41,6)26-24-42(39)45/h11-19,31-32,38-42H,7-10,20-30H2,1-6H3. The van der Waals surface area contributed by atoms with Crippen LogP contribution in [-0.2, 0) is 9.47 Å². The van der Waals surface area contributed by atoms with E-state index in [1.807, 2.05) is 12.1 Å². The number of hydrogen-bond acceptors (Lipinski definition) is 6. The monoisotopic (exact) mass is 724 g/mol. The summed E-state index contributed by atoms with van der Waals surface area (Å²) in [6.45, 7) is 16.7. The summed E-state index contributed by atoms with van der Waals surface area (Å²) in [5.74, 6) is 5.25. The third-order valence-electron chi connectivity index (χ3n) is 15.0. The Bertz CT molecular complexity index is 1620. The zero-order valence-corrected chi connectivity index (χ0v) is 33.3. The maximum Gasteiger partial charge on any atom is 0.343 e. The Labute approximate surface area is 318 Å². The third kappa shape index (κ3) is 7.73. The SMILES string of the molecule is CCC1(COc2ccc(OC(=O)c3ccc(C(=O)OC4CCC5(C)C(=CCC6C5CCC5(C)C(C(C)CCCC(C)C)CCC65)C4)cc3)cc2)COC1. The molecule has 0 bridgehead atoms. The van der Waals surface area contributed by atoms with Crippen molar-refractivity contribution in [1.29, 1.82) is 0 Å². The van der Waals surface area contributed by atoms with Crippen molar-refractivity contribution in [1.82, 2.24) is 0 Å². The smallest absolute Gasteiger partial charge is 0.343 e. The summed E-state index contributed by atoms with van der Waals surface area (Å²) in [6, 6.07) is 13.7. The first-order chi connectivity index (χ1) is 25.4. The summed E-state index contributed by atoms with van der Waals surface area (Å²) in [5, 5.41) is 0. The summed E-state index contributed by atoms with van der Waals surface area (Å²) in [5.41, 5.74) is 3.16. The van der Waals surface area contributed by atoms with E-state index in [1.165, 1.54) is 56.9 Å². The van der Waals surface area contributed by atoms with Gasteiger partial charge >= 0.3 is 11.9 Å². The number of carbonyl (C=O) groups is 2. The molecule has 2 aromatic carbocycles. The Balaban J connectivity index is 0.907. The molecule has 2 aromatic rings. The molecule has 1 heterocycles. The van der Waals surface area contributed by atoms with E-state index in [1.54, 1.807) is 36.4 Å². The highest BCUT2D eigenvalue weighted by atomic mass is 16.5. The molecule has 53 heavy (non-hydrogen) atoms. The van der Waals surface area contributed by atoms with Crippen molar-refractivity contribution < 1.29 is 28.5 Å². The highest BCUT2D eigenvalue weighted by Crippen LogP contribution is 2.67. The van der Waals surface area contributed by atoms with Gasteiger partial charge in [0, 0.05) is 6.42 Å². The molecule has 0 radical (unpaired) electrons. The Morgan fingerprint density at radius 1 is 0.830 bits per heavy atom. The van der Waals surface area contributed by atoms with Gasteiger partial charge in [0.2, 0.25) is 0 Å². The van der Waals surface area contributed by atoms with E-state index in [0.717, 1.165) is 80.2 Å². The largest absolute Gasteiger partial charge is 0.493 e. The van der Waals surface area contributed by atoms with Gasteiger partial charge in [0.1, 0.15) is 17.6 Å². The van der Waals surface area contributed by atoms with Gasteiger partial charge in [-0.2, -0.15) is 0 Å². The molecular formula is C47H64O6. The van der Waals surface area contributed by atoms with E-state index in [-0.39, 0.29) is 22.9 Å². The molecule has 1 saturated heterocycles. The lowest BCUT2D eigenvalue weighted by atomic mass is 9.47. The number of esters is 2. The number of rotatable bonds is 13. The van der Waals surface area contributed by atoms with E-state index in [0.29, 0.717) is 28.9 Å². The van der Waals surface area contributed by atoms with Crippen LogP contribution in [0.2, 0.25) is 0 Å². The average Bonchev–Trinajstić information content (AvgIpc) is 3.49. The first-order valence-electron chi connectivity index (χ1n) is 21.0. The molecule has 7 rings (SSSR count). The number of ether oxygens (including phenoxy) is 4. The minimum absolute atomic E-state index is 0.0988. The maximum atomic E-state index is 13.3. The van der Waals surface area contributed by atoms with Gasteiger partial charge in [-0.25, -0.2) is 9.59 Å². The molecule has 5 aliphatic rings. The molecule has 0 aromatic heterocycles. The van der Waals surface area contributed by atoms with E-state index < -0.39 is 5.97 Å². The Hall–Kier alpha value is -3.12. The minimum Gasteiger partial charge on any atom is -0.493 e. The van der Waals surface area contributed by atoms with Crippen LogP contribution in [0, 0.1) is 51.8 Å². The topological polar surface area (TPSA) is 71.1 Å². The molecule has 288 valence electrons. The molecule has 0 N–H and O–H groups in total. The van der Waals surface area contributed by atoms with Gasteiger partial charge in [-0.1, -0.05) is 72.5 Å². The van der Waals surface area contributed by atoms with Gasteiger partial charge in [0.25, 0.3) is 0 Å². The average molecular weight is 725 g/mol. The Morgan fingerprint density at radius 3 is 2.19 bits per heavy atom. The lowest BCUT2D eigenvalue weighted by Crippen LogP contribution is -2.51. The lowest BCUT2D eigenvalue weighted by Gasteiger charge is -2.58. The van der Waals surface area contributed by atoms with Crippen molar-refractivity contribution >= 4 is 11.9 Å². The first-order valence-corrected chi connectivity index (χ1v) is 21.0. The molecule has 3 saturated carbocycles. The van der Waals surface area contributed by atoms with Crippen LogP contribution in [0.25, 0.3) is 0 Å². The molecule has 0 spiro atoms. The molecule has 4 aliphatic carbocycles. The summed E-state index contributed by atoms with van der Waals surface area (Å²) >= 11 is 0. The molecule has 6 heteroatoms. The zero-order chi connectivity index (χ0) is 37.4. The van der Waals surface area contributed by atoms with Crippen LogP contribution in [0.5, 0.6) is 11.5 Å². The normalized spacial score (nSPS) is 32.0. The lowest BCUT2D eigenvalue weighted by molar-refractivity contribution is -0.133. The number of allylic oxidation sites excluding steroid dienone is 1. The van der Waals surface area contributed by atoms with Crippen molar-refractivity contribution in [2.24, 2.45) is 51.8 Å². The van der Waals surface area contributed by atoms with Gasteiger partial charge in [-0.15, -0.1) is 0 Å². The van der Waals surface area contributed by atoms with Crippen molar-refractivity contribution in [3.05, 3.63) is 71.3 Å². The Morgan fingerprint density at radius 2 is 1.53 bits per heavy atom. The predicted molar refractivity (Wildman–Crippen MR) is 209 cm³/mol. The second kappa shape index (κ2) is 15.6. The fraction of sp³-hybridized carbons (Fsp3) is 0.660. The van der Waals surface area contributed by atoms with Crippen LogP contribution in [-0.4, -0.2) is 37.9 Å². The number of carbonyl (C=O) groups excluding carboxylic acids is 2. The fourth-order valence-corrected chi connectivity index (χ4v) is 11.5. The predicted octanol–water partition coefficient (Wildman–Crippen LogP) is 11.3. The van der Waals surface area contributed by atoms with Gasteiger partial charge in [-0.05, 0) is 146 Å². The minimum atomic E-state index is -0.475. The summed E-state index contributed by atoms with van der Waals surface area (Å²) < 4.78 is 23.1. The fourth-order valence-electron chi connectivity index (χ4n) is 11.5. The summed E-state index contributed by atoms with van der Waals surface area (Å²) in [7, 11) is 0. The highest BCUT2D eigenvalue weighted by Gasteiger charge is 2.59. The number of benzene rings is 2. The van der Waals surface area contributed by atoms with Crippen molar-refractivity contribution in [3.63, 3.8) is 0 Å². The quantitative estimate of drug-likeness (QED) is 0.116. The number of hydrogen-bond donors (Lipinski definition) is 0. The maximum absolute atomic E-state index is 13.3. The molecular weight excluding hydrogens is 661 g/mol. The van der Waals surface area contributed by atoms with Crippen molar-refractivity contribution in [3.8, 4) is 11.5 Å². The van der Waals surface area contributed by atoms with Crippen molar-refractivity contribution in [2.45, 2.75) is 125 Å².